The first-order valence-electron chi connectivity index (χ1n) is 42.4. The number of carboxylic acid groups (broad SMARTS) is 1. The number of guanidine groups is 1. The molecule has 13 atom stereocenters. The summed E-state index contributed by atoms with van der Waals surface area (Å²) in [5, 5.41) is 79.5. The molecule has 19 amide bonds. The number of aromatic hydroxyl groups is 1. The molecule has 1 saturated heterocycles. The molecule has 3 heterocycles. The van der Waals surface area contributed by atoms with Gasteiger partial charge in [-0.25, -0.2) is 0 Å². The second-order valence-corrected chi connectivity index (χ2v) is 31.2. The van der Waals surface area contributed by atoms with E-state index in [9.17, 15) is 87.2 Å². The third-order valence-corrected chi connectivity index (χ3v) is 20.7. The summed E-state index contributed by atoms with van der Waals surface area (Å²) in [6.07, 6.45) is -6.02. The zero-order valence-electron chi connectivity index (χ0n) is 72.6. The molecule has 0 spiro atoms. The number of phenols is 1. The van der Waals surface area contributed by atoms with E-state index < -0.39 is 312 Å². The number of primary amides is 4. The fourth-order valence-electron chi connectivity index (χ4n) is 13.8. The average molecular weight is 1850 g/mol. The Morgan fingerprint density at radius 2 is 1.08 bits per heavy atom. The van der Waals surface area contributed by atoms with Crippen LogP contribution in [0.3, 0.4) is 0 Å². The minimum atomic E-state index is -1.97. The Kier molecular flexibility index (Phi) is 43.1. The quantitative estimate of drug-likeness (QED) is 0.00977. The van der Waals surface area contributed by atoms with Crippen molar-refractivity contribution in [2.45, 2.75) is 208 Å². The van der Waals surface area contributed by atoms with E-state index in [1.807, 2.05) is 0 Å². The number of aliphatic hydroxyl groups excluding tert-OH is 1. The van der Waals surface area contributed by atoms with Gasteiger partial charge < -0.3 is 149 Å². The topological polar surface area (TPSA) is 815 Å². The van der Waals surface area contributed by atoms with Crippen molar-refractivity contribution in [1.29, 1.82) is 5.41 Å². The van der Waals surface area contributed by atoms with E-state index in [4.69, 9.17) is 44.5 Å². The molecule has 49 nitrogen and oxygen atoms in total. The van der Waals surface area contributed by atoms with Crippen LogP contribution in [-0.4, -0.2) is 274 Å². The number of hydrogen-bond donors (Lipinski definition) is 28. The summed E-state index contributed by atoms with van der Waals surface area (Å²) >= 11 is 0. The van der Waals surface area contributed by atoms with E-state index in [-0.39, 0.29) is 43.9 Å². The molecule has 34 N–H and O–H groups in total. The van der Waals surface area contributed by atoms with Crippen LogP contribution in [0.15, 0.2) is 85.2 Å². The van der Waals surface area contributed by atoms with Crippen LogP contribution in [0.1, 0.15) is 127 Å². The van der Waals surface area contributed by atoms with E-state index in [0.29, 0.717) is 52.3 Å². The highest BCUT2D eigenvalue weighted by molar-refractivity contribution is 6.02. The van der Waals surface area contributed by atoms with Crippen LogP contribution in [-0.2, 0) is 120 Å². The van der Waals surface area contributed by atoms with Gasteiger partial charge in [0, 0.05) is 106 Å². The summed E-state index contributed by atoms with van der Waals surface area (Å²) in [6, 6.07) is -2.60. The van der Waals surface area contributed by atoms with Crippen molar-refractivity contribution < 1.29 is 116 Å². The molecular formula is C83H117N25O24. The lowest BCUT2D eigenvalue weighted by Gasteiger charge is -2.29. The number of benzene rings is 3. The third kappa shape index (κ3) is 36.7. The molecule has 6 rings (SSSR count). The lowest BCUT2D eigenvalue weighted by atomic mass is 10.00. The van der Waals surface area contributed by atoms with Gasteiger partial charge in [0.15, 0.2) is 5.96 Å². The van der Waals surface area contributed by atoms with Crippen LogP contribution < -0.4 is 119 Å². The van der Waals surface area contributed by atoms with Gasteiger partial charge in [-0.2, -0.15) is 0 Å². The maximum atomic E-state index is 15.6. The molecule has 5 aromatic rings. The van der Waals surface area contributed by atoms with Crippen LogP contribution >= 0.6 is 0 Å². The summed E-state index contributed by atoms with van der Waals surface area (Å²) < 4.78 is 5.27. The number of rotatable bonds is 47. The molecule has 132 heavy (non-hydrogen) atoms. The number of aromatic nitrogens is 2. The molecule has 0 unspecified atom stereocenters. The number of ether oxygens (including phenoxy) is 1. The number of amides is 19. The van der Waals surface area contributed by atoms with Gasteiger partial charge in [-0.3, -0.25) is 101 Å². The number of carbonyl (C=O) groups excluding carboxylic acids is 19. The maximum absolute atomic E-state index is 15.6. The number of aromatic amines is 2. The van der Waals surface area contributed by atoms with Crippen molar-refractivity contribution in [2.75, 3.05) is 45.9 Å². The summed E-state index contributed by atoms with van der Waals surface area (Å²) in [7, 11) is 0. The third-order valence-electron chi connectivity index (χ3n) is 20.7. The van der Waals surface area contributed by atoms with Crippen molar-refractivity contribution in [3.63, 3.8) is 0 Å². The first-order chi connectivity index (χ1) is 62.7. The van der Waals surface area contributed by atoms with Gasteiger partial charge in [-0.1, -0.05) is 48.5 Å². The predicted molar refractivity (Wildman–Crippen MR) is 469 cm³/mol. The Labute approximate surface area is 755 Å². The molecule has 1 aliphatic rings. The van der Waals surface area contributed by atoms with Crippen LogP contribution in [0.25, 0.3) is 21.8 Å². The summed E-state index contributed by atoms with van der Waals surface area (Å²) in [4.78, 5) is 282. The van der Waals surface area contributed by atoms with Gasteiger partial charge in [0.25, 0.3) is 0 Å². The second-order valence-electron chi connectivity index (χ2n) is 31.2. The number of unbranched alkanes of at least 4 members (excludes halogenated alkanes) is 1. The second kappa shape index (κ2) is 53.8. The highest BCUT2D eigenvalue weighted by atomic mass is 16.5. The van der Waals surface area contributed by atoms with Crippen LogP contribution in [0.2, 0.25) is 0 Å². The number of carbonyl (C=O) groups is 20. The molecule has 49 heteroatoms. The van der Waals surface area contributed by atoms with Gasteiger partial charge in [0.05, 0.1) is 25.7 Å². The van der Waals surface area contributed by atoms with E-state index in [2.05, 4.69) is 95.0 Å². The Balaban J connectivity index is 1.36. The number of carboxylic acids is 1. The number of nitrogens with one attached hydrogen (secondary N) is 19. The molecule has 0 radical (unpaired) electrons. The lowest BCUT2D eigenvalue weighted by Crippen LogP contribution is -2.62. The molecule has 2 aromatic heterocycles. The molecule has 0 bridgehead atoms. The lowest BCUT2D eigenvalue weighted by molar-refractivity contribution is -0.139. The highest BCUT2D eigenvalue weighted by Crippen LogP contribution is 2.23. The van der Waals surface area contributed by atoms with Crippen LogP contribution in [0.5, 0.6) is 5.75 Å². The number of hydrogen-bond acceptors (Lipinski definition) is 25. The first kappa shape index (κ1) is 106. The van der Waals surface area contributed by atoms with Crippen LogP contribution in [0.4, 0.5) is 0 Å². The molecule has 0 saturated carbocycles. The standard InChI is InChI=1S/C83H117N25O24/c1-42(109)70-82(131)107-61(36-46-39-95-51-13-6-4-11-49(46)51)81(130)103-54(20-24-63(85)112)74(123)101-56(22-26-66(115)91-31-28-58(97-43(2)110)77(126)100-55(78(127)108-70)21-25-64(86)113)75(124)104-59(34-44-16-18-47(111)19-17-44)79(128)105-60(35-45-38-94-50-12-5-3-10-48(45)50)80(129)99-53(15-9-30-93-83(89)90)73(122)102-57(23-27-69(118)119)76(125)106-62(37-65(87)114)72(121)96-40-67(116)92-32-33-132-41-68(117)98-52(71(88)120)14-7-8-29-84/h3-6,10-13,16-19,38-39,42,52-62,70,94-95,109,111H,7-9,14-15,20-37,40-41,84H2,1-2H3,(H2,85,112)(H2,86,113)(H2,87,114)(H2,88,120)(H,91,115)(H,92,116)(H,96,121)(H,97,110)(H,98,117)(H,99,129)(H,100,126)(H,101,123)(H,102,122)(H,103,130)(H,104,124)(H,105,128)(H,106,125)(H,107,131)(H,108,127)(H,118,119)(H4,89,90,93)/t42-,52-,53+,54+,55+,56+,57+,58+,59+,60+,61+,62+,70+/m1/s1. The van der Waals surface area contributed by atoms with Gasteiger partial charge in [0.2, 0.25) is 112 Å². The normalized spacial score (nSPS) is 18.1. The summed E-state index contributed by atoms with van der Waals surface area (Å²) in [6.45, 7) is 0.127. The van der Waals surface area contributed by atoms with E-state index >= 15 is 24.0 Å². The highest BCUT2D eigenvalue weighted by Gasteiger charge is 2.40. The Morgan fingerprint density at radius 1 is 0.538 bits per heavy atom. The summed E-state index contributed by atoms with van der Waals surface area (Å²) in [5.74, 6) is -22.5. The minimum absolute atomic E-state index is 0.118. The van der Waals surface area contributed by atoms with Gasteiger partial charge in [-0.05, 0) is 119 Å². The zero-order valence-corrected chi connectivity index (χ0v) is 72.6. The number of H-pyrrole nitrogens is 2. The number of phenolic OH excluding ortho intramolecular Hbond substituents is 1. The molecule has 718 valence electrons. The number of para-hydroxylation sites is 2. The van der Waals surface area contributed by atoms with Crippen molar-refractivity contribution in [1.82, 2.24) is 95.0 Å². The number of fused-ring (bicyclic) bond motifs is 2. The van der Waals surface area contributed by atoms with Crippen molar-refractivity contribution >= 4 is 146 Å². The molecule has 1 aliphatic heterocycles. The molecule has 0 aliphatic carbocycles. The minimum Gasteiger partial charge on any atom is -0.508 e. The maximum Gasteiger partial charge on any atom is 0.303 e. The number of aliphatic hydroxyl groups is 1. The first-order valence-corrected chi connectivity index (χ1v) is 42.4. The monoisotopic (exact) mass is 1850 g/mol. The Hall–Kier alpha value is -14.9. The van der Waals surface area contributed by atoms with Gasteiger partial charge >= 0.3 is 5.97 Å². The molecular weight excluding hydrogens is 1730 g/mol. The average Bonchev–Trinajstić information content (AvgIpc) is 1.65. The zero-order chi connectivity index (χ0) is 97.3. The van der Waals surface area contributed by atoms with Crippen molar-refractivity contribution in [3.05, 3.63) is 102 Å². The Morgan fingerprint density at radius 3 is 1.67 bits per heavy atom. The van der Waals surface area contributed by atoms with Crippen LogP contribution in [0, 0.1) is 5.41 Å². The summed E-state index contributed by atoms with van der Waals surface area (Å²) in [5.41, 5.74) is 35.1. The number of nitrogens with two attached hydrogens (primary N) is 6. The fraction of sp³-hybridized carbons (Fsp3) is 0.482. The van der Waals surface area contributed by atoms with Crippen molar-refractivity contribution in [2.24, 2.45) is 34.4 Å². The van der Waals surface area contributed by atoms with E-state index in [0.717, 1.165) is 13.8 Å². The SMILES string of the molecule is CC(=O)N[C@H]1CCNC(=O)CC[C@@H](C(=O)N[C@@H](Cc2ccc(O)cc2)C(=O)N[C@@H](Cc2c[nH]c3ccccc23)C(=O)N[C@@H](CCCNC(=N)N)C(=O)N[C@@H](CCC(=O)O)C(=O)N[C@@H](CC(N)=O)C(=O)NCC(=O)NCCOCC(=O)N[C@H](CCCCN)C(N)=O)NC(=O)[C@H](CCC(N)=O)NC(=O)[C@H](Cc2c[nH]c3ccccc23)NC(=O)[C@H]([C@@H](C)O)NC(=O)[C@H](CCC(N)=O)NC1=O. The molecule has 3 aromatic carbocycles. The largest absolute Gasteiger partial charge is 0.508 e. The Bertz CT molecular complexity index is 4950. The number of aliphatic carboxylic acids is 1. The van der Waals surface area contributed by atoms with E-state index in [1.54, 1.807) is 48.5 Å². The van der Waals surface area contributed by atoms with Gasteiger partial charge in [-0.15, -0.1) is 0 Å². The predicted octanol–water partition coefficient (Wildman–Crippen LogP) is -8.70. The smallest absolute Gasteiger partial charge is 0.303 e. The van der Waals surface area contributed by atoms with Crippen molar-refractivity contribution in [3.8, 4) is 5.75 Å². The molecule has 1 fully saturated rings. The van der Waals surface area contributed by atoms with E-state index in [1.165, 1.54) is 36.7 Å². The fourth-order valence-corrected chi connectivity index (χ4v) is 13.8. The van der Waals surface area contributed by atoms with Gasteiger partial charge in [0.1, 0.15) is 84.9 Å².